The number of para-hydroxylation sites is 2. The molecule has 0 atom stereocenters. The van der Waals surface area contributed by atoms with Crippen LogP contribution in [-0.2, 0) is 5.75 Å². The highest BCUT2D eigenvalue weighted by Crippen LogP contribution is 2.31. The van der Waals surface area contributed by atoms with Crippen molar-refractivity contribution in [1.82, 2.24) is 15.0 Å². The lowest BCUT2D eigenvalue weighted by atomic mass is 10.3. The number of alkyl halides is 1. The van der Waals surface area contributed by atoms with Crippen LogP contribution in [0.1, 0.15) is 12.1 Å². The summed E-state index contributed by atoms with van der Waals surface area (Å²) >= 11 is 13.9. The summed E-state index contributed by atoms with van der Waals surface area (Å²) in [5.41, 5.74) is 3.84. The summed E-state index contributed by atoms with van der Waals surface area (Å²) in [6.07, 6.45) is 2.71. The number of imidazole rings is 1. The van der Waals surface area contributed by atoms with Crippen LogP contribution >= 0.6 is 35.0 Å². The molecule has 0 saturated carbocycles. The maximum absolute atomic E-state index is 6.55. The topological polar surface area (TPSA) is 44.8 Å². The lowest BCUT2D eigenvalue weighted by molar-refractivity contribution is 0.854. The van der Waals surface area contributed by atoms with E-state index in [1.165, 1.54) is 0 Å². The number of H-pyrrole nitrogens is 1. The van der Waals surface area contributed by atoms with E-state index in [4.69, 9.17) is 23.2 Å². The summed E-state index contributed by atoms with van der Waals surface area (Å²) in [7, 11) is 2.02. The SMILES string of the molecule is CN(CCCCl)c1ccnc(CSc2nc3ccccc3[nH]2)c1Cl. The molecule has 0 bridgehead atoms. The van der Waals surface area contributed by atoms with Gasteiger partial charge in [-0.3, -0.25) is 4.98 Å². The predicted octanol–water partition coefficient (Wildman–Crippen LogP) is 4.97. The number of fused-ring (bicyclic) bond motifs is 1. The molecule has 0 fully saturated rings. The molecule has 0 radical (unpaired) electrons. The number of benzene rings is 1. The van der Waals surface area contributed by atoms with Gasteiger partial charge < -0.3 is 9.88 Å². The van der Waals surface area contributed by atoms with Crippen LogP contribution in [0.25, 0.3) is 11.0 Å². The van der Waals surface area contributed by atoms with Gasteiger partial charge in [0.1, 0.15) is 0 Å². The summed E-state index contributed by atoms with van der Waals surface area (Å²) in [5.74, 6) is 1.30. The molecular weight excluding hydrogens is 363 g/mol. The fourth-order valence-electron chi connectivity index (χ4n) is 2.42. The van der Waals surface area contributed by atoms with Crippen molar-refractivity contribution in [2.75, 3.05) is 24.4 Å². The Morgan fingerprint density at radius 3 is 2.88 bits per heavy atom. The number of hydrogen-bond acceptors (Lipinski definition) is 4. The second-order valence-corrected chi connectivity index (χ2v) is 7.12. The van der Waals surface area contributed by atoms with Crippen LogP contribution in [0.15, 0.2) is 41.7 Å². The number of rotatable bonds is 7. The molecule has 7 heteroatoms. The summed E-state index contributed by atoms with van der Waals surface area (Å²) in [5, 5.41) is 1.56. The van der Waals surface area contributed by atoms with Crippen LogP contribution in [0.5, 0.6) is 0 Å². The van der Waals surface area contributed by atoms with Crippen molar-refractivity contribution in [1.29, 1.82) is 0 Å². The number of halogens is 2. The number of nitrogens with zero attached hydrogens (tertiary/aromatic N) is 3. The molecule has 126 valence electrons. The Labute approximate surface area is 155 Å². The van der Waals surface area contributed by atoms with Gasteiger partial charge in [0.15, 0.2) is 5.16 Å². The van der Waals surface area contributed by atoms with Crippen molar-refractivity contribution in [3.8, 4) is 0 Å². The Hall–Kier alpha value is -1.43. The highest BCUT2D eigenvalue weighted by atomic mass is 35.5. The number of pyridine rings is 1. The van der Waals surface area contributed by atoms with Crippen molar-refractivity contribution in [3.05, 3.63) is 47.2 Å². The van der Waals surface area contributed by atoms with Gasteiger partial charge in [0.05, 0.1) is 27.4 Å². The second kappa shape index (κ2) is 8.10. The molecule has 0 aliphatic carbocycles. The summed E-state index contributed by atoms with van der Waals surface area (Å²) < 4.78 is 0. The molecule has 1 aromatic carbocycles. The second-order valence-electron chi connectivity index (χ2n) is 5.40. The van der Waals surface area contributed by atoms with Crippen LogP contribution in [0, 0.1) is 0 Å². The average molecular weight is 381 g/mol. The van der Waals surface area contributed by atoms with E-state index < -0.39 is 0 Å². The van der Waals surface area contributed by atoms with Gasteiger partial charge in [0.2, 0.25) is 0 Å². The number of aromatic amines is 1. The zero-order chi connectivity index (χ0) is 16.9. The molecule has 24 heavy (non-hydrogen) atoms. The van der Waals surface area contributed by atoms with Crippen molar-refractivity contribution < 1.29 is 0 Å². The number of nitrogens with one attached hydrogen (secondary N) is 1. The Kier molecular flexibility index (Phi) is 5.87. The highest BCUT2D eigenvalue weighted by Gasteiger charge is 2.12. The number of thioether (sulfide) groups is 1. The summed E-state index contributed by atoms with van der Waals surface area (Å²) in [6, 6.07) is 9.92. The van der Waals surface area contributed by atoms with Gasteiger partial charge in [0.25, 0.3) is 0 Å². The molecule has 3 rings (SSSR count). The Morgan fingerprint density at radius 1 is 1.25 bits per heavy atom. The van der Waals surface area contributed by atoms with Crippen molar-refractivity contribution in [2.24, 2.45) is 0 Å². The fraction of sp³-hybridized carbons (Fsp3) is 0.294. The maximum Gasteiger partial charge on any atom is 0.166 e. The third kappa shape index (κ3) is 3.97. The Balaban J connectivity index is 1.72. The van der Waals surface area contributed by atoms with Crippen molar-refractivity contribution in [3.63, 3.8) is 0 Å². The van der Waals surface area contributed by atoms with E-state index in [9.17, 15) is 0 Å². The summed E-state index contributed by atoms with van der Waals surface area (Å²) in [6.45, 7) is 0.864. The third-order valence-electron chi connectivity index (χ3n) is 3.69. The zero-order valence-corrected chi connectivity index (χ0v) is 15.6. The van der Waals surface area contributed by atoms with Crippen LogP contribution in [0.3, 0.4) is 0 Å². The Morgan fingerprint density at radius 2 is 2.08 bits per heavy atom. The van der Waals surface area contributed by atoms with Crippen LogP contribution in [-0.4, -0.2) is 34.4 Å². The predicted molar refractivity (Wildman–Crippen MR) is 104 cm³/mol. The van der Waals surface area contributed by atoms with Crippen LogP contribution in [0.2, 0.25) is 5.02 Å². The smallest absolute Gasteiger partial charge is 0.166 e. The van der Waals surface area contributed by atoms with Gasteiger partial charge in [0, 0.05) is 31.4 Å². The first-order valence-corrected chi connectivity index (χ1v) is 9.57. The van der Waals surface area contributed by atoms with E-state index in [1.54, 1.807) is 18.0 Å². The quantitative estimate of drug-likeness (QED) is 0.464. The van der Waals surface area contributed by atoms with Gasteiger partial charge in [-0.2, -0.15) is 0 Å². The van der Waals surface area contributed by atoms with Gasteiger partial charge in [-0.25, -0.2) is 4.98 Å². The molecular formula is C17H18Cl2N4S. The monoisotopic (exact) mass is 380 g/mol. The van der Waals surface area contributed by atoms with Gasteiger partial charge in [-0.05, 0) is 24.6 Å². The van der Waals surface area contributed by atoms with Gasteiger partial charge in [-0.15, -0.1) is 11.6 Å². The van der Waals surface area contributed by atoms with Crippen molar-refractivity contribution >= 4 is 51.7 Å². The number of anilines is 1. The Bertz CT molecular complexity index is 788. The maximum atomic E-state index is 6.55. The van der Waals surface area contributed by atoms with E-state index in [1.807, 2.05) is 37.4 Å². The molecule has 0 unspecified atom stereocenters. The molecule has 4 nitrogen and oxygen atoms in total. The minimum atomic E-state index is 0.641. The molecule has 0 aliphatic rings. The molecule has 0 aliphatic heterocycles. The largest absolute Gasteiger partial charge is 0.373 e. The normalized spacial score (nSPS) is 11.1. The van der Waals surface area contributed by atoms with E-state index in [-0.39, 0.29) is 0 Å². The van der Waals surface area contributed by atoms with Gasteiger partial charge in [-0.1, -0.05) is 35.5 Å². The highest BCUT2D eigenvalue weighted by molar-refractivity contribution is 7.98. The third-order valence-corrected chi connectivity index (χ3v) is 5.26. The molecule has 0 spiro atoms. The number of hydrogen-bond donors (Lipinski definition) is 1. The average Bonchev–Trinajstić information content (AvgIpc) is 3.01. The fourth-order valence-corrected chi connectivity index (χ4v) is 3.78. The van der Waals surface area contributed by atoms with Gasteiger partial charge >= 0.3 is 0 Å². The lowest BCUT2D eigenvalue weighted by Gasteiger charge is -2.20. The minimum Gasteiger partial charge on any atom is -0.373 e. The van der Waals surface area contributed by atoms with E-state index in [0.717, 1.165) is 40.5 Å². The van der Waals surface area contributed by atoms with E-state index in [2.05, 4.69) is 19.9 Å². The molecule has 0 saturated heterocycles. The zero-order valence-electron chi connectivity index (χ0n) is 13.3. The van der Waals surface area contributed by atoms with Crippen molar-refractivity contribution in [2.45, 2.75) is 17.3 Å². The standard InChI is InChI=1S/C17H18Cl2N4S/c1-23(10-4-8-18)15-7-9-20-14(16(15)19)11-24-17-21-12-5-2-3-6-13(12)22-17/h2-3,5-7,9H,4,8,10-11H2,1H3,(H,21,22). The molecule has 2 heterocycles. The number of aromatic nitrogens is 3. The molecule has 2 aromatic heterocycles. The molecule has 3 aromatic rings. The lowest BCUT2D eigenvalue weighted by Crippen LogP contribution is -2.19. The first-order chi connectivity index (χ1) is 11.7. The van der Waals surface area contributed by atoms with E-state index >= 15 is 0 Å². The first kappa shape index (κ1) is 17.4. The van der Waals surface area contributed by atoms with Crippen LogP contribution in [0.4, 0.5) is 5.69 Å². The first-order valence-electron chi connectivity index (χ1n) is 7.67. The minimum absolute atomic E-state index is 0.641. The molecule has 1 N–H and O–H groups in total. The molecule has 0 amide bonds. The van der Waals surface area contributed by atoms with Crippen LogP contribution < -0.4 is 4.90 Å². The summed E-state index contributed by atoms with van der Waals surface area (Å²) in [4.78, 5) is 14.4. The van der Waals surface area contributed by atoms with E-state index in [0.29, 0.717) is 16.7 Å².